The van der Waals surface area contributed by atoms with Gasteiger partial charge in [0.05, 0.1) is 10.8 Å². The van der Waals surface area contributed by atoms with Gasteiger partial charge in [-0.2, -0.15) is 0 Å². The van der Waals surface area contributed by atoms with Crippen LogP contribution < -0.4 is 5.32 Å². The van der Waals surface area contributed by atoms with Crippen molar-refractivity contribution in [1.82, 2.24) is 5.32 Å². The average molecular weight is 227 g/mol. The van der Waals surface area contributed by atoms with Gasteiger partial charge in [-0.15, -0.1) is 0 Å². The fraction of sp³-hybridized carbons (Fsp3) is 0.455. The second kappa shape index (κ2) is 4.86. The smallest absolute Gasteiger partial charge is 0.124 e. The lowest BCUT2D eigenvalue weighted by molar-refractivity contribution is 0.618. The summed E-state index contributed by atoms with van der Waals surface area (Å²) in [4.78, 5) is 0.599. The molecule has 0 aliphatic carbocycles. The van der Waals surface area contributed by atoms with E-state index in [-0.39, 0.29) is 5.82 Å². The maximum absolute atomic E-state index is 12.9. The molecule has 0 amide bonds. The topological polar surface area (TPSA) is 29.1 Å². The summed E-state index contributed by atoms with van der Waals surface area (Å²) in [6.45, 7) is 1.94. The molecule has 2 atom stereocenters. The molecule has 2 nitrogen and oxygen atoms in total. The first-order chi connectivity index (χ1) is 7.25. The zero-order chi connectivity index (χ0) is 10.7. The van der Waals surface area contributed by atoms with Gasteiger partial charge in [0, 0.05) is 10.6 Å². The third-order valence-corrected chi connectivity index (χ3v) is 4.16. The van der Waals surface area contributed by atoms with E-state index in [0.717, 1.165) is 19.5 Å². The SMILES string of the molecule is O=S(CC1CCNC1)c1cccc(F)c1. The fourth-order valence-corrected chi connectivity index (χ4v) is 3.16. The van der Waals surface area contributed by atoms with Gasteiger partial charge in [0.15, 0.2) is 0 Å². The van der Waals surface area contributed by atoms with Crippen LogP contribution >= 0.6 is 0 Å². The highest BCUT2D eigenvalue weighted by molar-refractivity contribution is 7.85. The highest BCUT2D eigenvalue weighted by Crippen LogP contribution is 2.15. The molecule has 82 valence electrons. The molecule has 1 heterocycles. The third-order valence-electron chi connectivity index (χ3n) is 2.61. The summed E-state index contributed by atoms with van der Waals surface area (Å²) in [6.07, 6.45) is 1.07. The second-order valence-corrected chi connectivity index (χ2v) is 5.32. The van der Waals surface area contributed by atoms with Crippen LogP contribution in [0.5, 0.6) is 0 Å². The van der Waals surface area contributed by atoms with Crippen LogP contribution in [0.3, 0.4) is 0 Å². The molecule has 0 radical (unpaired) electrons. The molecule has 1 fully saturated rings. The molecule has 2 rings (SSSR count). The molecule has 1 aromatic rings. The first kappa shape index (κ1) is 10.8. The molecule has 1 N–H and O–H groups in total. The van der Waals surface area contributed by atoms with Crippen molar-refractivity contribution in [3.8, 4) is 0 Å². The van der Waals surface area contributed by atoms with E-state index in [9.17, 15) is 8.60 Å². The fourth-order valence-electron chi connectivity index (χ4n) is 1.78. The third kappa shape index (κ3) is 2.86. The number of rotatable bonds is 3. The molecule has 1 aliphatic rings. The van der Waals surface area contributed by atoms with E-state index < -0.39 is 10.8 Å². The highest BCUT2D eigenvalue weighted by Gasteiger charge is 2.18. The minimum atomic E-state index is -1.06. The maximum Gasteiger partial charge on any atom is 0.124 e. The van der Waals surface area contributed by atoms with Crippen molar-refractivity contribution in [3.63, 3.8) is 0 Å². The monoisotopic (exact) mass is 227 g/mol. The van der Waals surface area contributed by atoms with Gasteiger partial charge < -0.3 is 5.32 Å². The molecule has 1 saturated heterocycles. The Balaban J connectivity index is 2.01. The summed E-state index contributed by atoms with van der Waals surface area (Å²) in [5.41, 5.74) is 0. The van der Waals surface area contributed by atoms with E-state index in [1.165, 1.54) is 12.1 Å². The van der Waals surface area contributed by atoms with Crippen molar-refractivity contribution in [2.24, 2.45) is 5.92 Å². The van der Waals surface area contributed by atoms with E-state index in [1.807, 2.05) is 0 Å². The Morgan fingerprint density at radius 3 is 3.07 bits per heavy atom. The van der Waals surface area contributed by atoms with Crippen molar-refractivity contribution in [2.45, 2.75) is 11.3 Å². The lowest BCUT2D eigenvalue weighted by Gasteiger charge is -2.07. The van der Waals surface area contributed by atoms with Crippen LogP contribution in [0.25, 0.3) is 0 Å². The molecule has 0 bridgehead atoms. The Kier molecular flexibility index (Phi) is 3.49. The van der Waals surface area contributed by atoms with Gasteiger partial charge in [-0.3, -0.25) is 4.21 Å². The van der Waals surface area contributed by atoms with E-state index in [4.69, 9.17) is 0 Å². The Bertz CT molecular complexity index is 363. The van der Waals surface area contributed by atoms with Crippen LogP contribution in [-0.4, -0.2) is 23.1 Å². The average Bonchev–Trinajstić information content (AvgIpc) is 2.70. The van der Waals surface area contributed by atoms with Gasteiger partial charge in [-0.05, 0) is 43.6 Å². The van der Waals surface area contributed by atoms with E-state index in [1.54, 1.807) is 12.1 Å². The Labute approximate surface area is 91.3 Å². The van der Waals surface area contributed by atoms with Gasteiger partial charge in [0.2, 0.25) is 0 Å². The normalized spacial score (nSPS) is 22.9. The summed E-state index contributed by atoms with van der Waals surface area (Å²) in [5.74, 6) is 0.788. The molecule has 4 heteroatoms. The lowest BCUT2D eigenvalue weighted by atomic mass is 10.2. The van der Waals surface area contributed by atoms with Crippen molar-refractivity contribution in [1.29, 1.82) is 0 Å². The largest absolute Gasteiger partial charge is 0.316 e. The van der Waals surface area contributed by atoms with Gasteiger partial charge in [0.25, 0.3) is 0 Å². The van der Waals surface area contributed by atoms with Crippen LogP contribution in [0.4, 0.5) is 4.39 Å². The Morgan fingerprint density at radius 2 is 2.40 bits per heavy atom. The summed E-state index contributed by atoms with van der Waals surface area (Å²) in [5, 5.41) is 3.23. The predicted molar refractivity (Wildman–Crippen MR) is 58.7 cm³/mol. The van der Waals surface area contributed by atoms with Gasteiger partial charge >= 0.3 is 0 Å². The van der Waals surface area contributed by atoms with Gasteiger partial charge in [-0.1, -0.05) is 6.07 Å². The molecule has 2 unspecified atom stereocenters. The van der Waals surface area contributed by atoms with Crippen molar-refractivity contribution in [3.05, 3.63) is 30.1 Å². The van der Waals surface area contributed by atoms with Gasteiger partial charge in [-0.25, -0.2) is 4.39 Å². The summed E-state index contributed by atoms with van der Waals surface area (Å²) in [7, 11) is -1.06. The number of hydrogen-bond donors (Lipinski definition) is 1. The maximum atomic E-state index is 12.9. The highest BCUT2D eigenvalue weighted by atomic mass is 32.2. The first-order valence-electron chi connectivity index (χ1n) is 5.10. The van der Waals surface area contributed by atoms with Crippen LogP contribution in [0.2, 0.25) is 0 Å². The van der Waals surface area contributed by atoms with Crippen LogP contribution in [0.1, 0.15) is 6.42 Å². The Morgan fingerprint density at radius 1 is 1.53 bits per heavy atom. The zero-order valence-electron chi connectivity index (χ0n) is 8.41. The summed E-state index contributed by atoms with van der Waals surface area (Å²) < 4.78 is 24.8. The second-order valence-electron chi connectivity index (χ2n) is 3.83. The van der Waals surface area contributed by atoms with Crippen molar-refractivity contribution < 1.29 is 8.60 Å². The van der Waals surface area contributed by atoms with Crippen LogP contribution in [0.15, 0.2) is 29.2 Å². The lowest BCUT2D eigenvalue weighted by Crippen LogP contribution is -2.15. The summed E-state index contributed by atoms with van der Waals surface area (Å²) in [6, 6.07) is 6.06. The van der Waals surface area contributed by atoms with Gasteiger partial charge in [0.1, 0.15) is 5.82 Å². The molecular weight excluding hydrogens is 213 g/mol. The Hall–Kier alpha value is -0.740. The van der Waals surface area contributed by atoms with Crippen molar-refractivity contribution in [2.75, 3.05) is 18.8 Å². The minimum absolute atomic E-state index is 0.314. The molecule has 1 aliphatic heterocycles. The standard InChI is InChI=1S/C11H14FNOS/c12-10-2-1-3-11(6-10)15(14)8-9-4-5-13-7-9/h1-3,6,9,13H,4-5,7-8H2. The van der Waals surface area contributed by atoms with Crippen LogP contribution in [0, 0.1) is 11.7 Å². The number of halogens is 1. The van der Waals surface area contributed by atoms with E-state index >= 15 is 0 Å². The molecule has 1 aromatic carbocycles. The van der Waals surface area contributed by atoms with E-state index in [0.29, 0.717) is 16.6 Å². The van der Waals surface area contributed by atoms with Crippen molar-refractivity contribution >= 4 is 10.8 Å². The number of hydrogen-bond acceptors (Lipinski definition) is 2. The minimum Gasteiger partial charge on any atom is -0.316 e. The van der Waals surface area contributed by atoms with E-state index in [2.05, 4.69) is 5.32 Å². The molecule has 15 heavy (non-hydrogen) atoms. The predicted octanol–water partition coefficient (Wildman–Crippen LogP) is 1.54. The quantitative estimate of drug-likeness (QED) is 0.848. The molecule has 0 spiro atoms. The molecule has 0 aromatic heterocycles. The molecular formula is C11H14FNOS. The first-order valence-corrected chi connectivity index (χ1v) is 6.42. The number of benzene rings is 1. The summed E-state index contributed by atoms with van der Waals surface area (Å²) >= 11 is 0. The zero-order valence-corrected chi connectivity index (χ0v) is 9.23. The molecule has 0 saturated carbocycles. The van der Waals surface area contributed by atoms with Crippen LogP contribution in [-0.2, 0) is 10.8 Å². The number of nitrogens with one attached hydrogen (secondary N) is 1.